The van der Waals surface area contributed by atoms with Gasteiger partial charge in [0.1, 0.15) is 0 Å². The van der Waals surface area contributed by atoms with E-state index >= 15 is 0 Å². The van der Waals surface area contributed by atoms with Crippen molar-refractivity contribution in [2.45, 2.75) is 33.1 Å². The molecular weight excluding hydrogens is 264 g/mol. The number of carbonyl (C=O) groups is 2. The molecule has 0 unspecified atom stereocenters. The number of benzene rings is 1. The minimum atomic E-state index is 0.101. The number of carbonyl (C=O) groups excluding carboxylic acids is 2. The molecule has 1 aliphatic rings. The van der Waals surface area contributed by atoms with Crippen molar-refractivity contribution in [3.8, 4) is 0 Å². The quantitative estimate of drug-likeness (QED) is 0.853. The molecule has 0 N–H and O–H groups in total. The molecular formula is C17H24N2O2. The summed E-state index contributed by atoms with van der Waals surface area (Å²) in [4.78, 5) is 27.4. The van der Waals surface area contributed by atoms with Crippen molar-refractivity contribution in [2.75, 3.05) is 26.2 Å². The van der Waals surface area contributed by atoms with Crippen LogP contribution in [0.5, 0.6) is 0 Å². The van der Waals surface area contributed by atoms with E-state index in [0.717, 1.165) is 25.9 Å². The van der Waals surface area contributed by atoms with E-state index < -0.39 is 0 Å². The Morgan fingerprint density at radius 2 is 1.62 bits per heavy atom. The van der Waals surface area contributed by atoms with Gasteiger partial charge >= 0.3 is 0 Å². The van der Waals surface area contributed by atoms with Crippen LogP contribution in [-0.2, 0) is 16.0 Å². The second-order valence-electron chi connectivity index (χ2n) is 5.73. The molecule has 0 bridgehead atoms. The third-order valence-electron chi connectivity index (χ3n) is 4.04. The first-order chi connectivity index (χ1) is 10.1. The van der Waals surface area contributed by atoms with Gasteiger partial charge in [-0.15, -0.1) is 0 Å². The van der Waals surface area contributed by atoms with Gasteiger partial charge in [-0.25, -0.2) is 0 Å². The molecule has 4 nitrogen and oxygen atoms in total. The molecule has 0 atom stereocenters. The van der Waals surface area contributed by atoms with Gasteiger partial charge in [0.25, 0.3) is 0 Å². The molecule has 0 saturated carbocycles. The molecule has 1 saturated heterocycles. The normalized spacial score (nSPS) is 15.7. The van der Waals surface area contributed by atoms with E-state index in [-0.39, 0.29) is 11.8 Å². The van der Waals surface area contributed by atoms with Gasteiger partial charge in [-0.1, -0.05) is 29.8 Å². The highest BCUT2D eigenvalue weighted by molar-refractivity contribution is 5.77. The summed E-state index contributed by atoms with van der Waals surface area (Å²) in [5.74, 6) is 0.296. The van der Waals surface area contributed by atoms with Gasteiger partial charge in [0.05, 0.1) is 0 Å². The lowest BCUT2D eigenvalue weighted by Crippen LogP contribution is -2.36. The van der Waals surface area contributed by atoms with Gasteiger partial charge in [-0.05, 0) is 25.3 Å². The molecule has 1 heterocycles. The van der Waals surface area contributed by atoms with E-state index in [1.165, 1.54) is 11.1 Å². The van der Waals surface area contributed by atoms with E-state index in [1.807, 2.05) is 9.80 Å². The Balaban J connectivity index is 1.83. The summed E-state index contributed by atoms with van der Waals surface area (Å²) in [7, 11) is 0. The lowest BCUT2D eigenvalue weighted by atomic mass is 10.1. The van der Waals surface area contributed by atoms with Crippen LogP contribution in [0.2, 0.25) is 0 Å². The van der Waals surface area contributed by atoms with Gasteiger partial charge in [0.15, 0.2) is 0 Å². The van der Waals surface area contributed by atoms with Crippen LogP contribution in [0.25, 0.3) is 0 Å². The summed E-state index contributed by atoms with van der Waals surface area (Å²) >= 11 is 0. The first kappa shape index (κ1) is 15.5. The SMILES string of the molecule is CC(=O)N1CCCN(C(=O)CCc2ccc(C)cc2)CC1. The summed E-state index contributed by atoms with van der Waals surface area (Å²) in [5, 5.41) is 0. The molecule has 2 rings (SSSR count). The Hall–Kier alpha value is -1.84. The van der Waals surface area contributed by atoms with Crippen molar-refractivity contribution in [3.63, 3.8) is 0 Å². The number of rotatable bonds is 3. The van der Waals surface area contributed by atoms with Crippen LogP contribution >= 0.6 is 0 Å². The number of hydrogen-bond donors (Lipinski definition) is 0. The number of hydrogen-bond acceptors (Lipinski definition) is 2. The molecule has 0 radical (unpaired) electrons. The zero-order valence-electron chi connectivity index (χ0n) is 13.0. The van der Waals surface area contributed by atoms with Crippen LogP contribution in [0.4, 0.5) is 0 Å². The number of aryl methyl sites for hydroxylation is 2. The van der Waals surface area contributed by atoms with Crippen LogP contribution in [0.1, 0.15) is 30.9 Å². The standard InChI is InChI=1S/C17H24N2O2/c1-14-4-6-16(7-5-14)8-9-17(21)19-11-3-10-18(12-13-19)15(2)20/h4-7H,3,8-13H2,1-2H3. The predicted octanol–water partition coefficient (Wildman–Crippen LogP) is 2.01. The molecule has 21 heavy (non-hydrogen) atoms. The van der Waals surface area contributed by atoms with Crippen LogP contribution in [0.15, 0.2) is 24.3 Å². The topological polar surface area (TPSA) is 40.6 Å². The monoisotopic (exact) mass is 288 g/mol. The molecule has 114 valence electrons. The van der Waals surface area contributed by atoms with Crippen molar-refractivity contribution in [2.24, 2.45) is 0 Å². The van der Waals surface area contributed by atoms with Gasteiger partial charge in [0, 0.05) is 39.5 Å². The molecule has 0 spiro atoms. The molecule has 2 amide bonds. The van der Waals surface area contributed by atoms with Crippen molar-refractivity contribution < 1.29 is 9.59 Å². The maximum absolute atomic E-state index is 12.3. The van der Waals surface area contributed by atoms with Gasteiger partial charge in [0.2, 0.25) is 11.8 Å². The lowest BCUT2D eigenvalue weighted by Gasteiger charge is -2.21. The van der Waals surface area contributed by atoms with Gasteiger partial charge in [-0.2, -0.15) is 0 Å². The summed E-state index contributed by atoms with van der Waals surface area (Å²) in [6, 6.07) is 8.33. The van der Waals surface area contributed by atoms with Crippen LogP contribution in [-0.4, -0.2) is 47.8 Å². The van der Waals surface area contributed by atoms with Crippen molar-refractivity contribution in [1.29, 1.82) is 0 Å². The fourth-order valence-corrected chi connectivity index (χ4v) is 2.65. The molecule has 0 aliphatic carbocycles. The Morgan fingerprint density at radius 1 is 1.00 bits per heavy atom. The third-order valence-corrected chi connectivity index (χ3v) is 4.04. The molecule has 0 aromatic heterocycles. The first-order valence-corrected chi connectivity index (χ1v) is 7.65. The first-order valence-electron chi connectivity index (χ1n) is 7.65. The maximum Gasteiger partial charge on any atom is 0.222 e. The maximum atomic E-state index is 12.3. The van der Waals surface area contributed by atoms with E-state index in [9.17, 15) is 9.59 Å². The van der Waals surface area contributed by atoms with E-state index in [2.05, 4.69) is 31.2 Å². The fraction of sp³-hybridized carbons (Fsp3) is 0.529. The highest BCUT2D eigenvalue weighted by Crippen LogP contribution is 2.09. The molecule has 1 aromatic carbocycles. The number of nitrogens with zero attached hydrogens (tertiary/aromatic N) is 2. The second kappa shape index (κ2) is 7.25. The summed E-state index contributed by atoms with van der Waals surface area (Å²) in [6.45, 7) is 6.49. The smallest absolute Gasteiger partial charge is 0.222 e. The van der Waals surface area contributed by atoms with E-state index in [0.29, 0.717) is 19.5 Å². The Kier molecular flexibility index (Phi) is 5.37. The molecule has 1 aromatic rings. The van der Waals surface area contributed by atoms with Crippen molar-refractivity contribution >= 4 is 11.8 Å². The molecule has 4 heteroatoms. The second-order valence-corrected chi connectivity index (χ2v) is 5.73. The fourth-order valence-electron chi connectivity index (χ4n) is 2.65. The Morgan fingerprint density at radius 3 is 2.29 bits per heavy atom. The highest BCUT2D eigenvalue weighted by Gasteiger charge is 2.19. The van der Waals surface area contributed by atoms with Gasteiger partial charge < -0.3 is 9.80 Å². The molecule has 1 fully saturated rings. The number of amides is 2. The van der Waals surface area contributed by atoms with Crippen LogP contribution < -0.4 is 0 Å². The highest BCUT2D eigenvalue weighted by atomic mass is 16.2. The third kappa shape index (κ3) is 4.59. The Bertz CT molecular complexity index is 496. The zero-order chi connectivity index (χ0) is 15.2. The average molecular weight is 288 g/mol. The molecule has 1 aliphatic heterocycles. The summed E-state index contributed by atoms with van der Waals surface area (Å²) in [5.41, 5.74) is 2.44. The largest absolute Gasteiger partial charge is 0.341 e. The average Bonchev–Trinajstić information content (AvgIpc) is 2.72. The summed E-state index contributed by atoms with van der Waals surface area (Å²) in [6.07, 6.45) is 2.20. The lowest BCUT2D eigenvalue weighted by molar-refractivity contribution is -0.132. The van der Waals surface area contributed by atoms with Crippen LogP contribution in [0, 0.1) is 6.92 Å². The minimum Gasteiger partial charge on any atom is -0.341 e. The van der Waals surface area contributed by atoms with Gasteiger partial charge in [-0.3, -0.25) is 9.59 Å². The minimum absolute atomic E-state index is 0.101. The summed E-state index contributed by atoms with van der Waals surface area (Å²) < 4.78 is 0. The van der Waals surface area contributed by atoms with Crippen molar-refractivity contribution in [1.82, 2.24) is 9.80 Å². The zero-order valence-corrected chi connectivity index (χ0v) is 13.0. The predicted molar refractivity (Wildman–Crippen MR) is 83.0 cm³/mol. The Labute approximate surface area is 126 Å². The van der Waals surface area contributed by atoms with Crippen LogP contribution in [0.3, 0.4) is 0 Å². The van der Waals surface area contributed by atoms with E-state index in [4.69, 9.17) is 0 Å². The van der Waals surface area contributed by atoms with E-state index in [1.54, 1.807) is 6.92 Å². The van der Waals surface area contributed by atoms with Crippen molar-refractivity contribution in [3.05, 3.63) is 35.4 Å².